The molecule has 8 heteroatoms. The van der Waals surface area contributed by atoms with Crippen molar-refractivity contribution in [3.8, 4) is 0 Å². The molecule has 1 saturated heterocycles. The number of aliphatic carboxylic acids is 1. The Bertz CT molecular complexity index is 289. The fourth-order valence-corrected chi connectivity index (χ4v) is 1.42. The van der Waals surface area contributed by atoms with Crippen molar-refractivity contribution < 1.29 is 19.8 Å². The van der Waals surface area contributed by atoms with Gasteiger partial charge >= 0.3 is 12.1 Å². The molecule has 0 unspecified atom stereocenters. The van der Waals surface area contributed by atoms with E-state index in [1.165, 1.54) is 0 Å². The van der Waals surface area contributed by atoms with E-state index in [0.717, 1.165) is 4.90 Å². The van der Waals surface area contributed by atoms with E-state index in [0.29, 0.717) is 0 Å². The van der Waals surface area contributed by atoms with Gasteiger partial charge in [0.25, 0.3) is 0 Å². The Hall–Kier alpha value is -1.95. The van der Waals surface area contributed by atoms with Crippen molar-refractivity contribution in [1.29, 1.82) is 0 Å². The minimum Gasteiger partial charge on any atom is -0.480 e. The molecule has 76 valence electrons. The lowest BCUT2D eigenvalue weighted by Crippen LogP contribution is -2.39. The maximum Gasteiger partial charge on any atom is 0.408 e. The number of carboxylic acid groups (broad SMARTS) is 2. The van der Waals surface area contributed by atoms with Gasteiger partial charge in [0.05, 0.1) is 6.04 Å². The van der Waals surface area contributed by atoms with Gasteiger partial charge in [0, 0.05) is 11.5 Å². The Morgan fingerprint density at radius 1 is 1.50 bits per heavy atom. The third-order valence-electron chi connectivity index (χ3n) is 2.02. The summed E-state index contributed by atoms with van der Waals surface area (Å²) in [6, 6.07) is -1.69. The summed E-state index contributed by atoms with van der Waals surface area (Å²) < 4.78 is 0. The molecule has 14 heavy (non-hydrogen) atoms. The number of hydrogen-bond donors (Lipinski definition) is 2. The summed E-state index contributed by atoms with van der Waals surface area (Å²) >= 11 is 0. The quantitative estimate of drug-likeness (QED) is 0.382. The highest BCUT2D eigenvalue weighted by Crippen LogP contribution is 2.20. The molecule has 0 radical (unpaired) electrons. The molecule has 0 saturated carbocycles. The van der Waals surface area contributed by atoms with Crippen molar-refractivity contribution in [2.45, 2.75) is 18.5 Å². The molecule has 1 amide bonds. The number of likely N-dealkylation sites (tertiary alicyclic amines) is 1. The number of rotatable bonds is 2. The first-order chi connectivity index (χ1) is 6.56. The first-order valence-electron chi connectivity index (χ1n) is 3.83. The van der Waals surface area contributed by atoms with Crippen LogP contribution in [0.3, 0.4) is 0 Å². The smallest absolute Gasteiger partial charge is 0.408 e. The average Bonchev–Trinajstić information content (AvgIpc) is 2.49. The van der Waals surface area contributed by atoms with E-state index in [4.69, 9.17) is 15.7 Å². The minimum absolute atomic E-state index is 0.0334. The number of nitrogens with zero attached hydrogens (tertiary/aromatic N) is 4. The Morgan fingerprint density at radius 2 is 2.14 bits per heavy atom. The fourth-order valence-electron chi connectivity index (χ4n) is 1.42. The second kappa shape index (κ2) is 3.84. The van der Waals surface area contributed by atoms with Gasteiger partial charge in [-0.05, 0) is 12.0 Å². The van der Waals surface area contributed by atoms with Gasteiger partial charge in [-0.3, -0.25) is 4.90 Å². The van der Waals surface area contributed by atoms with Gasteiger partial charge in [0.1, 0.15) is 6.04 Å². The van der Waals surface area contributed by atoms with Crippen LogP contribution in [0, 0.1) is 0 Å². The number of azide groups is 1. The summed E-state index contributed by atoms with van der Waals surface area (Å²) in [7, 11) is 0. The van der Waals surface area contributed by atoms with Crippen LogP contribution in [0.5, 0.6) is 0 Å². The highest BCUT2D eigenvalue weighted by atomic mass is 16.4. The minimum atomic E-state index is -1.31. The Kier molecular flexibility index (Phi) is 2.78. The Balaban J connectivity index is 2.79. The molecule has 1 aliphatic rings. The molecule has 8 nitrogen and oxygen atoms in total. The third-order valence-corrected chi connectivity index (χ3v) is 2.02. The van der Waals surface area contributed by atoms with Gasteiger partial charge in [-0.2, -0.15) is 0 Å². The van der Waals surface area contributed by atoms with Gasteiger partial charge in [-0.1, -0.05) is 5.11 Å². The summed E-state index contributed by atoms with van der Waals surface area (Å²) in [4.78, 5) is 24.5. The number of amides is 1. The maximum atomic E-state index is 10.6. The highest BCUT2D eigenvalue weighted by molar-refractivity contribution is 5.80. The van der Waals surface area contributed by atoms with Crippen LogP contribution < -0.4 is 0 Å². The molecule has 0 spiro atoms. The molecule has 1 rings (SSSR count). The second-order valence-electron chi connectivity index (χ2n) is 2.88. The van der Waals surface area contributed by atoms with Crippen LogP contribution in [0.15, 0.2) is 5.11 Å². The summed E-state index contributed by atoms with van der Waals surface area (Å²) in [5, 5.41) is 20.6. The van der Waals surface area contributed by atoms with Gasteiger partial charge in [-0.15, -0.1) is 0 Å². The van der Waals surface area contributed by atoms with E-state index in [-0.39, 0.29) is 13.0 Å². The van der Waals surface area contributed by atoms with Gasteiger partial charge in [-0.25, -0.2) is 9.59 Å². The predicted octanol–water partition coefficient (Wildman–Crippen LogP) is 0.502. The van der Waals surface area contributed by atoms with Crippen molar-refractivity contribution in [3.63, 3.8) is 0 Å². The molecule has 0 aromatic heterocycles. The lowest BCUT2D eigenvalue weighted by Gasteiger charge is -2.16. The van der Waals surface area contributed by atoms with Crippen LogP contribution in [0.4, 0.5) is 4.79 Å². The molecule has 2 atom stereocenters. The van der Waals surface area contributed by atoms with Crippen molar-refractivity contribution in [2.24, 2.45) is 5.11 Å². The van der Waals surface area contributed by atoms with E-state index in [9.17, 15) is 9.59 Å². The molecule has 1 aliphatic heterocycles. The van der Waals surface area contributed by atoms with Gasteiger partial charge in [0.15, 0.2) is 0 Å². The largest absolute Gasteiger partial charge is 0.480 e. The number of carboxylic acids is 1. The van der Waals surface area contributed by atoms with Crippen molar-refractivity contribution in [1.82, 2.24) is 4.90 Å². The molecule has 0 aromatic rings. The lowest BCUT2D eigenvalue weighted by molar-refractivity contribution is -0.141. The predicted molar refractivity (Wildman–Crippen MR) is 43.7 cm³/mol. The second-order valence-corrected chi connectivity index (χ2v) is 2.88. The van der Waals surface area contributed by atoms with Crippen molar-refractivity contribution in [3.05, 3.63) is 10.4 Å². The topological polar surface area (TPSA) is 127 Å². The molecular formula is C6H8N4O4. The average molecular weight is 200 g/mol. The molecular weight excluding hydrogens is 192 g/mol. The molecule has 0 bridgehead atoms. The first kappa shape index (κ1) is 10.1. The summed E-state index contributed by atoms with van der Waals surface area (Å²) in [6.45, 7) is -0.0592. The van der Waals surface area contributed by atoms with Crippen LogP contribution >= 0.6 is 0 Å². The van der Waals surface area contributed by atoms with Crippen LogP contribution in [0.25, 0.3) is 10.4 Å². The fraction of sp³-hybridized carbons (Fsp3) is 0.667. The van der Waals surface area contributed by atoms with Crippen molar-refractivity contribution in [2.75, 3.05) is 6.54 Å². The zero-order valence-electron chi connectivity index (χ0n) is 7.07. The number of hydrogen-bond acceptors (Lipinski definition) is 3. The standard InChI is InChI=1S/C6H8N4O4/c7-9-8-3-1-4(5(11)12)10(2-3)6(13)14/h3-4H,1-2H2,(H,11,12)(H,13,14)/t3-,4+/m1/s1. The molecule has 0 aliphatic carbocycles. The highest BCUT2D eigenvalue weighted by Gasteiger charge is 2.39. The summed E-state index contributed by atoms with van der Waals surface area (Å²) in [5.41, 5.74) is 8.12. The SMILES string of the molecule is [N-]=[N+]=N[C@@H]1C[C@@H](C(=O)O)N(C(=O)O)C1. The van der Waals surface area contributed by atoms with E-state index in [1.807, 2.05) is 0 Å². The molecule has 1 heterocycles. The van der Waals surface area contributed by atoms with E-state index in [2.05, 4.69) is 10.0 Å². The van der Waals surface area contributed by atoms with E-state index >= 15 is 0 Å². The number of carbonyl (C=O) groups is 2. The normalized spacial score (nSPS) is 25.6. The van der Waals surface area contributed by atoms with Gasteiger partial charge in [0.2, 0.25) is 0 Å². The molecule has 0 aromatic carbocycles. The lowest BCUT2D eigenvalue weighted by atomic mass is 10.2. The van der Waals surface area contributed by atoms with Crippen LogP contribution in [-0.4, -0.2) is 45.8 Å². The van der Waals surface area contributed by atoms with Gasteiger partial charge < -0.3 is 10.2 Å². The van der Waals surface area contributed by atoms with Crippen LogP contribution in [0.1, 0.15) is 6.42 Å². The molecule has 2 N–H and O–H groups in total. The third kappa shape index (κ3) is 1.86. The maximum absolute atomic E-state index is 10.6. The van der Waals surface area contributed by atoms with Crippen LogP contribution in [0.2, 0.25) is 0 Å². The Morgan fingerprint density at radius 3 is 2.50 bits per heavy atom. The summed E-state index contributed by atoms with van der Waals surface area (Å²) in [5.74, 6) is -1.22. The van der Waals surface area contributed by atoms with Crippen molar-refractivity contribution >= 4 is 12.1 Å². The molecule has 1 fully saturated rings. The zero-order valence-corrected chi connectivity index (χ0v) is 7.07. The zero-order chi connectivity index (χ0) is 10.7. The van der Waals surface area contributed by atoms with E-state index in [1.54, 1.807) is 0 Å². The first-order valence-corrected chi connectivity index (χ1v) is 3.83. The van der Waals surface area contributed by atoms with E-state index < -0.39 is 24.1 Å². The van der Waals surface area contributed by atoms with Crippen LogP contribution in [-0.2, 0) is 4.79 Å². The Labute approximate surface area is 78.4 Å². The monoisotopic (exact) mass is 200 g/mol. The summed E-state index contributed by atoms with van der Waals surface area (Å²) in [6.07, 6.45) is -1.28.